The Kier molecular flexibility index (Phi) is 4.36. The third-order valence-electron chi connectivity index (χ3n) is 8.81. The number of hydrogen-bond acceptors (Lipinski definition) is 3. The van der Waals surface area contributed by atoms with Gasteiger partial charge in [0.2, 0.25) is 0 Å². The van der Waals surface area contributed by atoms with Gasteiger partial charge in [0.1, 0.15) is 16.2 Å². The molecule has 0 N–H and O–H groups in total. The van der Waals surface area contributed by atoms with Crippen LogP contribution >= 0.6 is 11.3 Å². The van der Waals surface area contributed by atoms with Gasteiger partial charge in [0.05, 0.1) is 10.2 Å². The van der Waals surface area contributed by atoms with Crippen molar-refractivity contribution in [3.05, 3.63) is 127 Å². The Balaban J connectivity index is 1.15. The molecule has 42 heavy (non-hydrogen) atoms. The van der Waals surface area contributed by atoms with Gasteiger partial charge in [-0.3, -0.25) is 0 Å². The highest BCUT2D eigenvalue weighted by atomic mass is 32.1. The second-order valence-corrected chi connectivity index (χ2v) is 12.2. The van der Waals surface area contributed by atoms with E-state index in [9.17, 15) is 0 Å². The monoisotopic (exact) mass is 551 g/mol. The van der Waals surface area contributed by atoms with Gasteiger partial charge in [-0.15, -0.1) is 11.3 Å². The molecule has 0 atom stereocenters. The first-order valence-electron chi connectivity index (χ1n) is 14.2. The van der Waals surface area contributed by atoms with Crippen LogP contribution in [0.3, 0.4) is 0 Å². The largest absolute Gasteiger partial charge is 0.455 e. The lowest BCUT2D eigenvalue weighted by Gasteiger charge is -2.05. The number of fused-ring (bicyclic) bond motifs is 10. The smallest absolute Gasteiger partial charge is 0.143 e. The molecule has 3 heteroatoms. The molecule has 0 saturated heterocycles. The summed E-state index contributed by atoms with van der Waals surface area (Å²) in [7, 11) is 0. The molecule has 0 aliphatic heterocycles. The molecule has 10 rings (SSSR count). The van der Waals surface area contributed by atoms with Gasteiger partial charge in [-0.1, -0.05) is 97.1 Å². The van der Waals surface area contributed by atoms with Crippen molar-refractivity contribution in [2.75, 3.05) is 0 Å². The highest BCUT2D eigenvalue weighted by Gasteiger charge is 2.26. The molecule has 0 fully saturated rings. The first-order valence-corrected chi connectivity index (χ1v) is 15.0. The van der Waals surface area contributed by atoms with Crippen LogP contribution in [0.2, 0.25) is 0 Å². The molecule has 194 valence electrons. The molecule has 0 radical (unpaired) electrons. The normalized spacial score (nSPS) is 12.3. The van der Waals surface area contributed by atoms with E-state index in [1.807, 2.05) is 0 Å². The predicted octanol–water partition coefficient (Wildman–Crippen LogP) is 11.5. The van der Waals surface area contributed by atoms with Crippen molar-refractivity contribution in [2.45, 2.75) is 0 Å². The summed E-state index contributed by atoms with van der Waals surface area (Å²) in [5.74, 6) is 0. The Hall–Kier alpha value is -5.25. The van der Waals surface area contributed by atoms with E-state index in [4.69, 9.17) is 9.40 Å². The molecule has 7 aromatic carbocycles. The summed E-state index contributed by atoms with van der Waals surface area (Å²) in [5.41, 5.74) is 11.5. The van der Waals surface area contributed by atoms with Gasteiger partial charge in [-0.2, -0.15) is 0 Å². The maximum Gasteiger partial charge on any atom is 0.143 e. The van der Waals surface area contributed by atoms with Crippen molar-refractivity contribution in [3.63, 3.8) is 0 Å². The van der Waals surface area contributed by atoms with Gasteiger partial charge < -0.3 is 4.42 Å². The van der Waals surface area contributed by atoms with Crippen molar-refractivity contribution in [1.29, 1.82) is 0 Å². The summed E-state index contributed by atoms with van der Waals surface area (Å²) in [6.07, 6.45) is 0. The van der Waals surface area contributed by atoms with E-state index in [0.29, 0.717) is 0 Å². The Morgan fingerprint density at radius 2 is 1.31 bits per heavy atom. The van der Waals surface area contributed by atoms with E-state index in [1.54, 1.807) is 11.3 Å². The number of nitrogens with zero attached hydrogens (tertiary/aromatic N) is 1. The quantitative estimate of drug-likeness (QED) is 0.214. The van der Waals surface area contributed by atoms with Crippen molar-refractivity contribution >= 4 is 65.0 Å². The van der Waals surface area contributed by atoms with E-state index >= 15 is 0 Å². The molecule has 0 saturated carbocycles. The molecule has 0 bridgehead atoms. The standard InChI is InChI=1S/C39H21NOS/c1-2-11-27-22(7-1)16-18-34-37(27)40-39(42-34)26-10-5-8-23(19-26)24-15-17-33-31(20-24)32-21-25-9-6-14-29-28-12-3-4-13-30(28)36(35(25)29)38(32)41-33/h1-21H. The fourth-order valence-corrected chi connectivity index (χ4v) is 7.88. The lowest BCUT2D eigenvalue weighted by atomic mass is 9.97. The molecule has 1 aliphatic carbocycles. The summed E-state index contributed by atoms with van der Waals surface area (Å²) >= 11 is 1.75. The molecule has 1 aliphatic rings. The molecular weight excluding hydrogens is 531 g/mol. The van der Waals surface area contributed by atoms with Crippen LogP contribution in [0.4, 0.5) is 0 Å². The third-order valence-corrected chi connectivity index (χ3v) is 9.88. The summed E-state index contributed by atoms with van der Waals surface area (Å²) in [5, 5.41) is 8.33. The zero-order chi connectivity index (χ0) is 27.4. The topological polar surface area (TPSA) is 26.0 Å². The molecular formula is C39H21NOS. The maximum absolute atomic E-state index is 6.62. The Labute approximate surface area is 245 Å². The van der Waals surface area contributed by atoms with E-state index in [0.717, 1.165) is 38.0 Å². The fraction of sp³-hybridized carbons (Fsp3) is 0. The molecule has 2 heterocycles. The minimum atomic E-state index is 0.917. The summed E-state index contributed by atoms with van der Waals surface area (Å²) in [6, 6.07) is 45.8. The van der Waals surface area contributed by atoms with Crippen LogP contribution in [0.1, 0.15) is 0 Å². The first kappa shape index (κ1) is 22.4. The lowest BCUT2D eigenvalue weighted by molar-refractivity contribution is 0.670. The maximum atomic E-state index is 6.62. The third kappa shape index (κ3) is 3.01. The number of aromatic nitrogens is 1. The Morgan fingerprint density at radius 3 is 2.29 bits per heavy atom. The summed E-state index contributed by atoms with van der Waals surface area (Å²) in [6.45, 7) is 0. The summed E-state index contributed by atoms with van der Waals surface area (Å²) < 4.78 is 7.83. The van der Waals surface area contributed by atoms with Gasteiger partial charge in [-0.25, -0.2) is 4.98 Å². The van der Waals surface area contributed by atoms with Crippen LogP contribution in [0.25, 0.3) is 97.7 Å². The predicted molar refractivity (Wildman–Crippen MR) is 177 cm³/mol. The summed E-state index contributed by atoms with van der Waals surface area (Å²) in [4.78, 5) is 5.10. The second kappa shape index (κ2) is 8.16. The number of furan rings is 1. The van der Waals surface area contributed by atoms with Crippen molar-refractivity contribution in [1.82, 2.24) is 4.98 Å². The van der Waals surface area contributed by atoms with Crippen LogP contribution < -0.4 is 0 Å². The molecule has 0 amide bonds. The molecule has 9 aromatic rings. The van der Waals surface area contributed by atoms with Gasteiger partial charge >= 0.3 is 0 Å². The van der Waals surface area contributed by atoms with E-state index in [1.165, 1.54) is 59.6 Å². The number of thiazole rings is 1. The highest BCUT2D eigenvalue weighted by Crippen LogP contribution is 2.52. The zero-order valence-electron chi connectivity index (χ0n) is 22.4. The average Bonchev–Trinajstić information content (AvgIpc) is 3.74. The van der Waals surface area contributed by atoms with Gasteiger partial charge in [-0.05, 0) is 68.9 Å². The van der Waals surface area contributed by atoms with Gasteiger partial charge in [0.25, 0.3) is 0 Å². The van der Waals surface area contributed by atoms with Crippen LogP contribution in [0, 0.1) is 0 Å². The minimum absolute atomic E-state index is 0.917. The SMILES string of the molecule is c1cc(-c2ccc3oc4c5c6c(cccc6cc4c3c2)-c2ccccc2-5)cc(-c2nc3c(ccc4ccccc43)s2)c1. The van der Waals surface area contributed by atoms with Gasteiger partial charge in [0.15, 0.2) is 0 Å². The van der Waals surface area contributed by atoms with Crippen LogP contribution in [0.5, 0.6) is 0 Å². The Bertz CT molecular complexity index is 2590. The van der Waals surface area contributed by atoms with E-state index < -0.39 is 0 Å². The number of benzene rings is 7. The van der Waals surface area contributed by atoms with Crippen molar-refractivity contribution in [2.24, 2.45) is 0 Å². The average molecular weight is 552 g/mol. The van der Waals surface area contributed by atoms with E-state index in [-0.39, 0.29) is 0 Å². The Morgan fingerprint density at radius 1 is 0.524 bits per heavy atom. The highest BCUT2D eigenvalue weighted by molar-refractivity contribution is 7.21. The van der Waals surface area contributed by atoms with Gasteiger partial charge in [0, 0.05) is 32.7 Å². The molecule has 0 spiro atoms. The number of rotatable bonds is 2. The van der Waals surface area contributed by atoms with Crippen molar-refractivity contribution < 1.29 is 4.42 Å². The second-order valence-electron chi connectivity index (χ2n) is 11.1. The van der Waals surface area contributed by atoms with Crippen molar-refractivity contribution in [3.8, 4) is 44.0 Å². The minimum Gasteiger partial charge on any atom is -0.455 e. The van der Waals surface area contributed by atoms with E-state index in [2.05, 4.69) is 127 Å². The van der Waals surface area contributed by atoms with Crippen LogP contribution in [0.15, 0.2) is 132 Å². The van der Waals surface area contributed by atoms with Crippen LogP contribution in [-0.2, 0) is 0 Å². The fourth-order valence-electron chi connectivity index (χ4n) is 6.90. The first-order chi connectivity index (χ1) is 20.8. The zero-order valence-corrected chi connectivity index (χ0v) is 23.2. The molecule has 0 unspecified atom stereocenters. The lowest BCUT2D eigenvalue weighted by Crippen LogP contribution is -1.81. The number of hydrogen-bond donors (Lipinski definition) is 0. The molecule has 2 nitrogen and oxygen atoms in total. The molecule has 2 aromatic heterocycles. The van der Waals surface area contributed by atoms with Crippen LogP contribution in [-0.4, -0.2) is 4.98 Å².